The quantitative estimate of drug-likeness (QED) is 0.838. The second kappa shape index (κ2) is 9.30. The summed E-state index contributed by atoms with van der Waals surface area (Å²) in [6, 6.07) is 0. The lowest BCUT2D eigenvalue weighted by Crippen LogP contribution is -2.17. The van der Waals surface area contributed by atoms with Gasteiger partial charge in [0.1, 0.15) is 11.6 Å². The first-order chi connectivity index (χ1) is 11.2. The number of anilines is 2. The van der Waals surface area contributed by atoms with Gasteiger partial charge >= 0.3 is 0 Å². The van der Waals surface area contributed by atoms with E-state index in [2.05, 4.69) is 33.8 Å². The molecule has 0 fully saturated rings. The van der Waals surface area contributed by atoms with Gasteiger partial charge in [0.2, 0.25) is 5.95 Å². The molecule has 2 rings (SSSR count). The molecule has 0 amide bonds. The van der Waals surface area contributed by atoms with E-state index in [1.165, 1.54) is 0 Å². The summed E-state index contributed by atoms with van der Waals surface area (Å²) in [7, 11) is 7.86. The predicted molar refractivity (Wildman–Crippen MR) is 109 cm³/mol. The van der Waals surface area contributed by atoms with Gasteiger partial charge in [-0.1, -0.05) is 21.3 Å². The number of pyridine rings is 1. The maximum Gasteiger partial charge on any atom is 0.228 e. The fourth-order valence-corrected chi connectivity index (χ4v) is 2.45. The lowest BCUT2D eigenvalue weighted by molar-refractivity contribution is 0.918. The SMILES string of the molecule is C.CC.Cc1nc(-c2c(C)c(C)nc(N(C)C)c2C)nc(N(C)C)n1. The highest BCUT2D eigenvalue weighted by molar-refractivity contribution is 5.72. The van der Waals surface area contributed by atoms with Crippen molar-refractivity contribution in [1.82, 2.24) is 19.9 Å². The Kier molecular flexibility index (Phi) is 8.46. The molecule has 0 saturated heterocycles. The molecule has 0 bridgehead atoms. The van der Waals surface area contributed by atoms with Crippen LogP contribution in [0.2, 0.25) is 0 Å². The van der Waals surface area contributed by atoms with E-state index in [0.717, 1.165) is 28.2 Å². The third-order valence-electron chi connectivity index (χ3n) is 3.68. The molecule has 0 aliphatic heterocycles. The standard InChI is InChI=1S/C16H24N6.C2H6.CH4/c1-9-11(3)17-15(21(5)6)10(2)13(9)14-18-12(4)19-16(20-14)22(7)8;1-2;/h1-8H3;1-2H3;1H4. The molecule has 140 valence electrons. The molecule has 0 radical (unpaired) electrons. The highest BCUT2D eigenvalue weighted by Crippen LogP contribution is 2.31. The molecule has 0 atom stereocenters. The number of hydrogen-bond donors (Lipinski definition) is 0. The van der Waals surface area contributed by atoms with Crippen molar-refractivity contribution >= 4 is 11.8 Å². The molecule has 25 heavy (non-hydrogen) atoms. The molecule has 0 aliphatic rings. The second-order valence-electron chi connectivity index (χ2n) is 5.94. The lowest BCUT2D eigenvalue weighted by Gasteiger charge is -2.20. The van der Waals surface area contributed by atoms with Gasteiger partial charge in [0.05, 0.1) is 0 Å². The Balaban J connectivity index is 0.00000185. The minimum Gasteiger partial charge on any atom is -0.362 e. The fourth-order valence-electron chi connectivity index (χ4n) is 2.45. The van der Waals surface area contributed by atoms with Crippen molar-refractivity contribution in [2.45, 2.75) is 49.0 Å². The number of hydrogen-bond acceptors (Lipinski definition) is 6. The maximum atomic E-state index is 4.68. The molecule has 2 aromatic heterocycles. The largest absolute Gasteiger partial charge is 0.362 e. The van der Waals surface area contributed by atoms with Gasteiger partial charge in [-0.15, -0.1) is 0 Å². The van der Waals surface area contributed by atoms with Crippen molar-refractivity contribution in [1.29, 1.82) is 0 Å². The van der Waals surface area contributed by atoms with Gasteiger partial charge in [0.25, 0.3) is 0 Å². The molecular formula is C19H34N6. The lowest BCUT2D eigenvalue weighted by atomic mass is 10.0. The summed E-state index contributed by atoms with van der Waals surface area (Å²) in [4.78, 5) is 22.1. The first-order valence-corrected chi connectivity index (χ1v) is 8.27. The summed E-state index contributed by atoms with van der Waals surface area (Å²) in [5.74, 6) is 3.04. The Morgan fingerprint density at radius 2 is 1.24 bits per heavy atom. The van der Waals surface area contributed by atoms with Crippen molar-refractivity contribution < 1.29 is 0 Å². The zero-order valence-corrected chi connectivity index (χ0v) is 16.7. The van der Waals surface area contributed by atoms with Gasteiger partial charge in [-0.05, 0) is 33.3 Å². The van der Waals surface area contributed by atoms with Crippen molar-refractivity contribution in [3.05, 3.63) is 22.6 Å². The molecule has 0 aromatic carbocycles. The molecule has 6 heteroatoms. The Hall–Kier alpha value is -2.24. The van der Waals surface area contributed by atoms with Crippen LogP contribution in [-0.2, 0) is 0 Å². The second-order valence-corrected chi connectivity index (χ2v) is 5.94. The molecule has 0 spiro atoms. The smallest absolute Gasteiger partial charge is 0.228 e. The molecule has 0 unspecified atom stereocenters. The summed E-state index contributed by atoms with van der Waals surface area (Å²) < 4.78 is 0. The van der Waals surface area contributed by atoms with Crippen LogP contribution in [0.5, 0.6) is 0 Å². The van der Waals surface area contributed by atoms with Gasteiger partial charge in [-0.25, -0.2) is 9.97 Å². The van der Waals surface area contributed by atoms with Crippen LogP contribution in [-0.4, -0.2) is 48.1 Å². The van der Waals surface area contributed by atoms with E-state index >= 15 is 0 Å². The number of nitrogens with zero attached hydrogens (tertiary/aromatic N) is 6. The van der Waals surface area contributed by atoms with E-state index in [0.29, 0.717) is 17.6 Å². The van der Waals surface area contributed by atoms with Crippen molar-refractivity contribution in [3.63, 3.8) is 0 Å². The fraction of sp³-hybridized carbons (Fsp3) is 0.579. The predicted octanol–water partition coefficient (Wildman–Crippen LogP) is 3.96. The van der Waals surface area contributed by atoms with Gasteiger partial charge in [0, 0.05) is 45.0 Å². The molecule has 2 heterocycles. The van der Waals surface area contributed by atoms with E-state index < -0.39 is 0 Å². The summed E-state index contributed by atoms with van der Waals surface area (Å²) in [5.41, 5.74) is 4.24. The van der Waals surface area contributed by atoms with Crippen LogP contribution >= 0.6 is 0 Å². The third kappa shape index (κ3) is 4.87. The van der Waals surface area contributed by atoms with Gasteiger partial charge in [0.15, 0.2) is 5.82 Å². The summed E-state index contributed by atoms with van der Waals surface area (Å²) in [5, 5.41) is 0. The van der Waals surface area contributed by atoms with E-state index in [1.54, 1.807) is 0 Å². The topological polar surface area (TPSA) is 58.0 Å². The number of aromatic nitrogens is 4. The van der Waals surface area contributed by atoms with Crippen LogP contribution in [0.15, 0.2) is 0 Å². The molecule has 0 aliphatic carbocycles. The molecule has 0 saturated carbocycles. The molecule has 6 nitrogen and oxygen atoms in total. The Morgan fingerprint density at radius 3 is 1.72 bits per heavy atom. The highest BCUT2D eigenvalue weighted by atomic mass is 15.2. The van der Waals surface area contributed by atoms with Crippen LogP contribution in [0, 0.1) is 27.7 Å². The Labute approximate surface area is 153 Å². The monoisotopic (exact) mass is 346 g/mol. The molecule has 2 aromatic rings. The van der Waals surface area contributed by atoms with E-state index in [1.807, 2.05) is 65.7 Å². The summed E-state index contributed by atoms with van der Waals surface area (Å²) >= 11 is 0. The average Bonchev–Trinajstić information content (AvgIpc) is 2.52. The van der Waals surface area contributed by atoms with Crippen LogP contribution in [0.4, 0.5) is 11.8 Å². The van der Waals surface area contributed by atoms with Crippen LogP contribution in [0.1, 0.15) is 43.9 Å². The van der Waals surface area contributed by atoms with Gasteiger partial charge in [-0.2, -0.15) is 9.97 Å². The van der Waals surface area contributed by atoms with Crippen molar-refractivity contribution in [3.8, 4) is 11.4 Å². The van der Waals surface area contributed by atoms with E-state index in [9.17, 15) is 0 Å². The summed E-state index contributed by atoms with van der Waals surface area (Å²) in [6.45, 7) is 12.0. The van der Waals surface area contributed by atoms with E-state index in [4.69, 9.17) is 0 Å². The molecule has 0 N–H and O–H groups in total. The Bertz CT molecular complexity index is 708. The van der Waals surface area contributed by atoms with Crippen molar-refractivity contribution in [2.75, 3.05) is 38.0 Å². The third-order valence-corrected chi connectivity index (χ3v) is 3.68. The van der Waals surface area contributed by atoms with E-state index in [-0.39, 0.29) is 7.43 Å². The van der Waals surface area contributed by atoms with Crippen LogP contribution < -0.4 is 9.80 Å². The average molecular weight is 347 g/mol. The number of aryl methyl sites for hydroxylation is 2. The van der Waals surface area contributed by atoms with Crippen LogP contribution in [0.25, 0.3) is 11.4 Å². The zero-order chi connectivity index (χ0) is 18.6. The number of rotatable bonds is 3. The first-order valence-electron chi connectivity index (χ1n) is 8.27. The van der Waals surface area contributed by atoms with Gasteiger partial charge in [-0.3, -0.25) is 0 Å². The first kappa shape index (κ1) is 22.8. The summed E-state index contributed by atoms with van der Waals surface area (Å²) in [6.07, 6.45) is 0. The van der Waals surface area contributed by atoms with Crippen molar-refractivity contribution in [2.24, 2.45) is 0 Å². The maximum absolute atomic E-state index is 4.68. The zero-order valence-electron chi connectivity index (χ0n) is 16.7. The minimum atomic E-state index is 0. The van der Waals surface area contributed by atoms with Gasteiger partial charge < -0.3 is 9.80 Å². The highest BCUT2D eigenvalue weighted by Gasteiger charge is 2.18. The van der Waals surface area contributed by atoms with Crippen LogP contribution in [0.3, 0.4) is 0 Å². The normalized spacial score (nSPS) is 9.68. The minimum absolute atomic E-state index is 0. The molecular weight excluding hydrogens is 312 g/mol. The Morgan fingerprint density at radius 1 is 0.680 bits per heavy atom.